The molecule has 0 radical (unpaired) electrons. The average molecular weight is 191 g/mol. The molecule has 0 aromatic carbocycles. The first-order chi connectivity index (χ1) is 6.61. The summed E-state index contributed by atoms with van der Waals surface area (Å²) in [4.78, 5) is 0. The lowest BCUT2D eigenvalue weighted by atomic mass is 10.0. The van der Waals surface area contributed by atoms with Crippen molar-refractivity contribution in [1.29, 1.82) is 0 Å². The Labute approximate surface area is 87.7 Å². The standard InChI is InChI=1S/C13H21N/c1-5-6-7-8-13(9-11(2)3)12(4)10-14/h5-8,12H,10,14H2,1-4H3/b6-5-,8-7-. The van der Waals surface area contributed by atoms with Gasteiger partial charge in [0, 0.05) is 5.92 Å². The summed E-state index contributed by atoms with van der Waals surface area (Å²) in [5.74, 6) is 0.367. The molecule has 0 aromatic heterocycles. The van der Waals surface area contributed by atoms with E-state index < -0.39 is 0 Å². The summed E-state index contributed by atoms with van der Waals surface area (Å²) in [6.45, 7) is 8.88. The topological polar surface area (TPSA) is 26.0 Å². The Morgan fingerprint density at radius 2 is 2.00 bits per heavy atom. The molecule has 1 unspecified atom stereocenters. The number of allylic oxidation sites excluding steroid dienone is 4. The smallest absolute Gasteiger partial charge is 0.000622 e. The monoisotopic (exact) mass is 191 g/mol. The highest BCUT2D eigenvalue weighted by Crippen LogP contribution is 2.10. The van der Waals surface area contributed by atoms with Crippen molar-refractivity contribution in [2.24, 2.45) is 11.7 Å². The van der Waals surface area contributed by atoms with E-state index in [0.717, 1.165) is 0 Å². The molecular formula is C13H21N. The van der Waals surface area contributed by atoms with E-state index in [9.17, 15) is 0 Å². The molecule has 0 saturated carbocycles. The van der Waals surface area contributed by atoms with Crippen LogP contribution in [0.15, 0.2) is 41.2 Å². The fourth-order valence-electron chi connectivity index (χ4n) is 1.02. The zero-order chi connectivity index (χ0) is 11.0. The molecule has 0 fully saturated rings. The van der Waals surface area contributed by atoms with Gasteiger partial charge in [-0.1, -0.05) is 31.2 Å². The van der Waals surface area contributed by atoms with E-state index in [1.54, 1.807) is 0 Å². The minimum atomic E-state index is 0.367. The maximum Gasteiger partial charge on any atom is 0.000622 e. The summed E-state index contributed by atoms with van der Waals surface area (Å²) >= 11 is 0. The first kappa shape index (κ1) is 13.0. The van der Waals surface area contributed by atoms with Crippen LogP contribution in [0.2, 0.25) is 0 Å². The SMILES string of the molecule is C/C=C\C=C/C(=C=C(C)C)C(C)CN. The summed E-state index contributed by atoms with van der Waals surface area (Å²) in [6.07, 6.45) is 8.11. The first-order valence-electron chi connectivity index (χ1n) is 5.05. The summed E-state index contributed by atoms with van der Waals surface area (Å²) in [7, 11) is 0. The Morgan fingerprint density at radius 3 is 2.43 bits per heavy atom. The van der Waals surface area contributed by atoms with Gasteiger partial charge in [0.2, 0.25) is 0 Å². The van der Waals surface area contributed by atoms with Gasteiger partial charge in [0.15, 0.2) is 0 Å². The van der Waals surface area contributed by atoms with Crippen LogP contribution in [-0.2, 0) is 0 Å². The van der Waals surface area contributed by atoms with Crippen molar-refractivity contribution in [3.05, 3.63) is 41.2 Å². The largest absolute Gasteiger partial charge is 0.330 e. The quantitative estimate of drug-likeness (QED) is 0.536. The fourth-order valence-corrected chi connectivity index (χ4v) is 1.02. The molecule has 0 spiro atoms. The minimum absolute atomic E-state index is 0.367. The van der Waals surface area contributed by atoms with Crippen LogP contribution in [0.1, 0.15) is 27.7 Å². The van der Waals surface area contributed by atoms with E-state index in [1.165, 1.54) is 11.1 Å². The second-order valence-electron chi connectivity index (χ2n) is 3.60. The van der Waals surface area contributed by atoms with Crippen molar-refractivity contribution in [2.75, 3.05) is 6.54 Å². The highest BCUT2D eigenvalue weighted by molar-refractivity contribution is 5.25. The summed E-state index contributed by atoms with van der Waals surface area (Å²) in [6, 6.07) is 0. The van der Waals surface area contributed by atoms with Crippen molar-refractivity contribution < 1.29 is 0 Å². The van der Waals surface area contributed by atoms with Crippen LogP contribution in [0, 0.1) is 5.92 Å². The van der Waals surface area contributed by atoms with Crippen molar-refractivity contribution in [1.82, 2.24) is 0 Å². The van der Waals surface area contributed by atoms with Crippen LogP contribution in [-0.4, -0.2) is 6.54 Å². The van der Waals surface area contributed by atoms with Crippen molar-refractivity contribution in [3.8, 4) is 0 Å². The number of hydrogen-bond donors (Lipinski definition) is 1. The maximum absolute atomic E-state index is 5.63. The van der Waals surface area contributed by atoms with E-state index in [1.807, 2.05) is 39.0 Å². The molecule has 2 N–H and O–H groups in total. The third kappa shape index (κ3) is 5.58. The predicted molar refractivity (Wildman–Crippen MR) is 64.1 cm³/mol. The molecular weight excluding hydrogens is 170 g/mol. The molecule has 0 aliphatic rings. The number of nitrogens with two attached hydrogens (primary N) is 1. The van der Waals surface area contributed by atoms with E-state index >= 15 is 0 Å². The highest BCUT2D eigenvalue weighted by Gasteiger charge is 2.01. The van der Waals surface area contributed by atoms with Crippen molar-refractivity contribution in [3.63, 3.8) is 0 Å². The van der Waals surface area contributed by atoms with Gasteiger partial charge in [0.25, 0.3) is 0 Å². The molecule has 0 aliphatic heterocycles. The third-order valence-electron chi connectivity index (χ3n) is 1.86. The van der Waals surface area contributed by atoms with Crippen molar-refractivity contribution >= 4 is 0 Å². The van der Waals surface area contributed by atoms with E-state index in [0.29, 0.717) is 12.5 Å². The van der Waals surface area contributed by atoms with Gasteiger partial charge in [-0.25, -0.2) is 0 Å². The van der Waals surface area contributed by atoms with Gasteiger partial charge in [0.05, 0.1) is 0 Å². The molecule has 0 saturated heterocycles. The second-order valence-corrected chi connectivity index (χ2v) is 3.60. The van der Waals surface area contributed by atoms with E-state index in [4.69, 9.17) is 5.73 Å². The lowest BCUT2D eigenvalue weighted by Gasteiger charge is -2.06. The lowest BCUT2D eigenvalue weighted by molar-refractivity contribution is 0.711. The fraction of sp³-hybridized carbons (Fsp3) is 0.462. The summed E-state index contributed by atoms with van der Waals surface area (Å²) in [5.41, 5.74) is 11.3. The Morgan fingerprint density at radius 1 is 1.36 bits per heavy atom. The van der Waals surface area contributed by atoms with E-state index in [2.05, 4.69) is 18.7 Å². The Hall–Kier alpha value is -1.04. The molecule has 78 valence electrons. The Kier molecular flexibility index (Phi) is 6.82. The maximum atomic E-state index is 5.63. The number of rotatable bonds is 4. The van der Waals surface area contributed by atoms with Crippen LogP contribution in [0.5, 0.6) is 0 Å². The van der Waals surface area contributed by atoms with Gasteiger partial charge in [-0.3, -0.25) is 0 Å². The first-order valence-corrected chi connectivity index (χ1v) is 5.05. The predicted octanol–water partition coefficient (Wildman–Crippen LogP) is 3.21. The third-order valence-corrected chi connectivity index (χ3v) is 1.86. The summed E-state index contributed by atoms with van der Waals surface area (Å²) in [5, 5.41) is 0. The minimum Gasteiger partial charge on any atom is -0.330 e. The van der Waals surface area contributed by atoms with Crippen LogP contribution >= 0.6 is 0 Å². The molecule has 0 heterocycles. The summed E-state index contributed by atoms with van der Waals surface area (Å²) < 4.78 is 0. The Balaban J connectivity index is 4.85. The van der Waals surface area contributed by atoms with Gasteiger partial charge in [-0.2, -0.15) is 0 Å². The molecule has 1 nitrogen and oxygen atoms in total. The average Bonchev–Trinajstić information content (AvgIpc) is 2.15. The molecule has 1 heteroatoms. The lowest BCUT2D eigenvalue weighted by Crippen LogP contribution is -2.11. The molecule has 0 bridgehead atoms. The van der Waals surface area contributed by atoms with Gasteiger partial charge in [-0.15, -0.1) is 5.73 Å². The normalized spacial score (nSPS) is 13.2. The molecule has 1 atom stereocenters. The Bertz CT molecular complexity index is 272. The van der Waals surface area contributed by atoms with Gasteiger partial charge < -0.3 is 5.73 Å². The molecule has 0 aliphatic carbocycles. The van der Waals surface area contributed by atoms with Crippen LogP contribution in [0.25, 0.3) is 0 Å². The van der Waals surface area contributed by atoms with Gasteiger partial charge >= 0.3 is 0 Å². The zero-order valence-corrected chi connectivity index (χ0v) is 9.67. The molecule has 14 heavy (non-hydrogen) atoms. The molecule has 0 amide bonds. The number of hydrogen-bond acceptors (Lipinski definition) is 1. The van der Waals surface area contributed by atoms with Crippen molar-refractivity contribution in [2.45, 2.75) is 27.7 Å². The van der Waals surface area contributed by atoms with Gasteiger partial charge in [0.1, 0.15) is 0 Å². The van der Waals surface area contributed by atoms with E-state index in [-0.39, 0.29) is 0 Å². The molecule has 0 aromatic rings. The van der Waals surface area contributed by atoms with Crippen LogP contribution in [0.3, 0.4) is 0 Å². The zero-order valence-electron chi connectivity index (χ0n) is 9.67. The second kappa shape index (κ2) is 7.37. The van der Waals surface area contributed by atoms with Crippen LogP contribution in [0.4, 0.5) is 0 Å². The molecule has 0 rings (SSSR count). The van der Waals surface area contributed by atoms with Gasteiger partial charge in [-0.05, 0) is 38.5 Å². The highest BCUT2D eigenvalue weighted by atomic mass is 14.5. The van der Waals surface area contributed by atoms with Crippen LogP contribution < -0.4 is 5.73 Å².